The first-order chi connectivity index (χ1) is 14.8. The highest BCUT2D eigenvalue weighted by molar-refractivity contribution is 9.10. The number of nitrogens with zero attached hydrogens (tertiary/aromatic N) is 2. The lowest BCUT2D eigenvalue weighted by molar-refractivity contribution is -0.120. The molecule has 31 heavy (non-hydrogen) atoms. The number of nitrogens with one attached hydrogen (secondary N) is 1. The Labute approximate surface area is 197 Å². The van der Waals surface area contributed by atoms with Crippen LogP contribution in [-0.2, 0) is 10.5 Å². The SMILES string of the molecule is Cc1ccc(-n2c(C)c(Br)c(/C=N\NC(=O)[C@@H](C)SCc3ccccc3)c2C)cc1C. The minimum absolute atomic E-state index is 0.101. The maximum Gasteiger partial charge on any atom is 0.252 e. The van der Waals surface area contributed by atoms with E-state index in [0.29, 0.717) is 0 Å². The summed E-state index contributed by atoms with van der Waals surface area (Å²) in [5.41, 5.74) is 10.7. The number of carbonyl (C=O) groups is 1. The van der Waals surface area contributed by atoms with Crippen LogP contribution in [0.5, 0.6) is 0 Å². The summed E-state index contributed by atoms with van der Waals surface area (Å²) in [4.78, 5) is 12.4. The lowest BCUT2D eigenvalue weighted by Crippen LogP contribution is -2.27. The molecule has 0 radical (unpaired) electrons. The molecule has 0 saturated carbocycles. The van der Waals surface area contributed by atoms with Crippen LogP contribution in [0.15, 0.2) is 58.1 Å². The first-order valence-electron chi connectivity index (χ1n) is 10.2. The molecule has 6 heteroatoms. The van der Waals surface area contributed by atoms with Crippen molar-refractivity contribution in [3.63, 3.8) is 0 Å². The Hall–Kier alpha value is -2.31. The van der Waals surface area contributed by atoms with Crippen LogP contribution < -0.4 is 5.43 Å². The number of amides is 1. The van der Waals surface area contributed by atoms with Crippen molar-refractivity contribution < 1.29 is 4.79 Å². The smallest absolute Gasteiger partial charge is 0.252 e. The predicted molar refractivity (Wildman–Crippen MR) is 135 cm³/mol. The van der Waals surface area contributed by atoms with Gasteiger partial charge in [-0.25, -0.2) is 5.43 Å². The van der Waals surface area contributed by atoms with Crippen molar-refractivity contribution in [1.82, 2.24) is 9.99 Å². The van der Waals surface area contributed by atoms with E-state index in [1.165, 1.54) is 16.7 Å². The van der Waals surface area contributed by atoms with Crippen molar-refractivity contribution in [3.8, 4) is 5.69 Å². The second kappa shape index (κ2) is 10.3. The van der Waals surface area contributed by atoms with Gasteiger partial charge in [-0.1, -0.05) is 36.4 Å². The van der Waals surface area contributed by atoms with Gasteiger partial charge in [0.05, 0.1) is 11.5 Å². The molecule has 1 heterocycles. The second-order valence-electron chi connectivity index (χ2n) is 7.68. The van der Waals surface area contributed by atoms with Crippen molar-refractivity contribution in [2.24, 2.45) is 5.10 Å². The highest BCUT2D eigenvalue weighted by Gasteiger charge is 2.17. The number of aromatic nitrogens is 1. The van der Waals surface area contributed by atoms with Crippen LogP contribution in [0.2, 0.25) is 0 Å². The molecule has 1 amide bonds. The van der Waals surface area contributed by atoms with E-state index in [2.05, 4.69) is 89.1 Å². The summed E-state index contributed by atoms with van der Waals surface area (Å²) in [5.74, 6) is 0.693. The van der Waals surface area contributed by atoms with Crippen LogP contribution in [-0.4, -0.2) is 21.9 Å². The minimum atomic E-state index is -0.191. The van der Waals surface area contributed by atoms with Gasteiger partial charge >= 0.3 is 0 Å². The average Bonchev–Trinajstić information content (AvgIpc) is 2.97. The van der Waals surface area contributed by atoms with Crippen molar-refractivity contribution in [2.75, 3.05) is 0 Å². The summed E-state index contributed by atoms with van der Waals surface area (Å²) >= 11 is 5.30. The molecule has 0 bridgehead atoms. The fourth-order valence-electron chi connectivity index (χ4n) is 3.35. The molecule has 0 unspecified atom stereocenters. The average molecular weight is 498 g/mol. The summed E-state index contributed by atoms with van der Waals surface area (Å²) in [5, 5.41) is 4.05. The maximum absolute atomic E-state index is 12.4. The number of carbonyl (C=O) groups excluding carboxylic acids is 1. The minimum Gasteiger partial charge on any atom is -0.317 e. The lowest BCUT2D eigenvalue weighted by Gasteiger charge is -2.11. The molecule has 0 aliphatic rings. The molecule has 0 aliphatic carbocycles. The third kappa shape index (κ3) is 5.49. The van der Waals surface area contributed by atoms with Gasteiger partial charge < -0.3 is 4.57 Å². The molecule has 0 aliphatic heterocycles. The molecule has 1 aromatic heterocycles. The van der Waals surface area contributed by atoms with E-state index in [1.54, 1.807) is 18.0 Å². The molecule has 1 atom stereocenters. The molecule has 4 nitrogen and oxygen atoms in total. The number of hydrogen-bond donors (Lipinski definition) is 1. The zero-order chi connectivity index (χ0) is 22.5. The predicted octanol–water partition coefficient (Wildman–Crippen LogP) is 6.25. The maximum atomic E-state index is 12.4. The number of thioether (sulfide) groups is 1. The quantitative estimate of drug-likeness (QED) is 0.309. The number of hydrazone groups is 1. The van der Waals surface area contributed by atoms with Crippen LogP contribution in [0.25, 0.3) is 5.69 Å². The van der Waals surface area contributed by atoms with E-state index in [1.807, 2.05) is 25.1 Å². The molecule has 0 fully saturated rings. The Morgan fingerprint density at radius 1 is 1.10 bits per heavy atom. The molecular weight excluding hydrogens is 470 g/mol. The third-order valence-electron chi connectivity index (χ3n) is 5.44. The number of aryl methyl sites for hydroxylation is 2. The van der Waals surface area contributed by atoms with Crippen molar-refractivity contribution in [1.29, 1.82) is 0 Å². The molecule has 0 spiro atoms. The van der Waals surface area contributed by atoms with E-state index < -0.39 is 0 Å². The van der Waals surface area contributed by atoms with Crippen LogP contribution in [0.1, 0.15) is 40.6 Å². The van der Waals surface area contributed by atoms with Crippen molar-refractivity contribution >= 4 is 39.8 Å². The zero-order valence-electron chi connectivity index (χ0n) is 18.6. The van der Waals surface area contributed by atoms with Gasteiger partial charge in [-0.2, -0.15) is 5.10 Å². The van der Waals surface area contributed by atoms with E-state index in [-0.39, 0.29) is 11.2 Å². The van der Waals surface area contributed by atoms with E-state index in [0.717, 1.165) is 32.9 Å². The Bertz CT molecular complexity index is 1110. The highest BCUT2D eigenvalue weighted by atomic mass is 79.9. The Kier molecular flexibility index (Phi) is 7.79. The molecule has 3 rings (SSSR count). The lowest BCUT2D eigenvalue weighted by atomic mass is 10.1. The van der Waals surface area contributed by atoms with E-state index >= 15 is 0 Å². The van der Waals surface area contributed by atoms with Gasteiger partial charge in [0.15, 0.2) is 0 Å². The van der Waals surface area contributed by atoms with Crippen LogP contribution >= 0.6 is 27.7 Å². The molecule has 0 saturated heterocycles. The largest absolute Gasteiger partial charge is 0.317 e. The number of halogens is 1. The Morgan fingerprint density at radius 2 is 1.81 bits per heavy atom. The van der Waals surface area contributed by atoms with Crippen LogP contribution in [0.3, 0.4) is 0 Å². The summed E-state index contributed by atoms with van der Waals surface area (Å²) < 4.78 is 3.19. The highest BCUT2D eigenvalue weighted by Crippen LogP contribution is 2.30. The van der Waals surface area contributed by atoms with Gasteiger partial charge in [0.25, 0.3) is 5.91 Å². The number of hydrogen-bond acceptors (Lipinski definition) is 3. The van der Waals surface area contributed by atoms with Gasteiger partial charge in [0.1, 0.15) is 0 Å². The standard InChI is InChI=1S/C25H28BrN3OS/c1-16-11-12-22(13-17(16)2)29-18(3)23(24(26)19(29)4)14-27-28-25(30)20(5)31-15-21-9-7-6-8-10-21/h6-14,20H,15H2,1-5H3,(H,28,30)/b27-14-/t20-/m1/s1. The van der Waals surface area contributed by atoms with Gasteiger partial charge in [-0.15, -0.1) is 11.8 Å². The third-order valence-corrected chi connectivity index (χ3v) is 7.66. The van der Waals surface area contributed by atoms with Gasteiger partial charge in [0.2, 0.25) is 0 Å². The Morgan fingerprint density at radius 3 is 2.48 bits per heavy atom. The second-order valence-corrected chi connectivity index (χ2v) is 9.80. The van der Waals surface area contributed by atoms with E-state index in [4.69, 9.17) is 0 Å². The fraction of sp³-hybridized carbons (Fsp3) is 0.280. The van der Waals surface area contributed by atoms with Crippen molar-refractivity contribution in [3.05, 3.63) is 86.6 Å². The monoisotopic (exact) mass is 497 g/mol. The molecule has 3 aromatic rings. The zero-order valence-corrected chi connectivity index (χ0v) is 21.0. The van der Waals surface area contributed by atoms with Gasteiger partial charge in [-0.05, 0) is 79.4 Å². The molecule has 162 valence electrons. The van der Waals surface area contributed by atoms with Crippen LogP contribution in [0, 0.1) is 27.7 Å². The summed E-state index contributed by atoms with van der Waals surface area (Å²) in [6, 6.07) is 16.6. The fourth-order valence-corrected chi connectivity index (χ4v) is 4.75. The molecular formula is C25H28BrN3OS. The summed E-state index contributed by atoms with van der Waals surface area (Å²) in [6.07, 6.45) is 1.72. The number of rotatable bonds is 7. The summed E-state index contributed by atoms with van der Waals surface area (Å²) in [6.45, 7) is 10.3. The first kappa shape index (κ1) is 23.4. The topological polar surface area (TPSA) is 46.4 Å². The molecule has 1 N–H and O–H groups in total. The van der Waals surface area contributed by atoms with E-state index in [9.17, 15) is 4.79 Å². The Balaban J connectivity index is 1.69. The summed E-state index contributed by atoms with van der Waals surface area (Å²) in [7, 11) is 0. The molecule has 2 aromatic carbocycles. The van der Waals surface area contributed by atoms with Gasteiger partial charge in [-0.3, -0.25) is 4.79 Å². The first-order valence-corrected chi connectivity index (χ1v) is 12.1. The van der Waals surface area contributed by atoms with Crippen LogP contribution in [0.4, 0.5) is 0 Å². The number of benzene rings is 2. The van der Waals surface area contributed by atoms with Crippen molar-refractivity contribution in [2.45, 2.75) is 45.6 Å². The van der Waals surface area contributed by atoms with Gasteiger partial charge in [0, 0.05) is 32.9 Å². The normalized spacial score (nSPS) is 12.3.